The van der Waals surface area contributed by atoms with Gasteiger partial charge >= 0.3 is 12.1 Å². The number of halogens is 3. The van der Waals surface area contributed by atoms with Crippen LogP contribution in [0, 0.1) is 5.92 Å². The molecule has 0 saturated heterocycles. The van der Waals surface area contributed by atoms with Crippen LogP contribution in [0.1, 0.15) is 38.7 Å². The minimum absolute atomic E-state index is 0.0884. The lowest BCUT2D eigenvalue weighted by molar-refractivity contribution is -0.173. The lowest BCUT2D eigenvalue weighted by Gasteiger charge is -2.13. The van der Waals surface area contributed by atoms with Crippen molar-refractivity contribution in [3.63, 3.8) is 0 Å². The van der Waals surface area contributed by atoms with E-state index in [1.807, 2.05) is 13.8 Å². The van der Waals surface area contributed by atoms with Gasteiger partial charge in [-0.15, -0.1) is 0 Å². The summed E-state index contributed by atoms with van der Waals surface area (Å²) in [6, 6.07) is 6.45. The van der Waals surface area contributed by atoms with Crippen molar-refractivity contribution in [2.75, 3.05) is 12.3 Å². The number of amides is 1. The Labute approximate surface area is 146 Å². The van der Waals surface area contributed by atoms with Crippen molar-refractivity contribution in [3.05, 3.63) is 29.8 Å². The van der Waals surface area contributed by atoms with Gasteiger partial charge < -0.3 is 5.32 Å². The molecule has 25 heavy (non-hydrogen) atoms. The topological polar surface area (TPSA) is 63.2 Å². The largest absolute Gasteiger partial charge is 0.471 e. The maximum absolute atomic E-state index is 12.5. The van der Waals surface area contributed by atoms with Gasteiger partial charge in [0.2, 0.25) is 0 Å². The summed E-state index contributed by atoms with van der Waals surface area (Å²) >= 11 is 0. The van der Waals surface area contributed by atoms with Gasteiger partial charge in [0.05, 0.1) is 10.6 Å². The molecule has 0 fully saturated rings. The molecule has 0 bridgehead atoms. The molecule has 0 heterocycles. The Bertz CT molecular complexity index is 668. The van der Waals surface area contributed by atoms with Crippen molar-refractivity contribution < 1.29 is 26.4 Å². The molecule has 0 aliphatic carbocycles. The summed E-state index contributed by atoms with van der Waals surface area (Å²) in [4.78, 5) is 10.9. The van der Waals surface area contributed by atoms with Crippen molar-refractivity contribution in [1.29, 1.82) is 0 Å². The van der Waals surface area contributed by atoms with E-state index in [2.05, 4.69) is 0 Å². The minimum atomic E-state index is -4.89. The molecule has 0 aromatic heterocycles. The Morgan fingerprint density at radius 2 is 1.84 bits per heavy atom. The van der Waals surface area contributed by atoms with Gasteiger partial charge in [-0.2, -0.15) is 13.2 Å². The van der Waals surface area contributed by atoms with Crippen molar-refractivity contribution in [2.24, 2.45) is 5.92 Å². The molecule has 0 atom stereocenters. The first-order chi connectivity index (χ1) is 11.6. The van der Waals surface area contributed by atoms with Gasteiger partial charge in [0.25, 0.3) is 0 Å². The number of hydrogen-bond donors (Lipinski definition) is 1. The highest BCUT2D eigenvalue weighted by Gasteiger charge is 2.38. The van der Waals surface area contributed by atoms with Crippen LogP contribution in [0.15, 0.2) is 29.2 Å². The molecule has 1 N–H and O–H groups in total. The number of hydrogen-bond acceptors (Lipinski definition) is 3. The fraction of sp³-hybridized carbons (Fsp3) is 0.588. The molecule has 0 saturated carbocycles. The van der Waals surface area contributed by atoms with E-state index in [-0.39, 0.29) is 29.5 Å². The second-order valence-corrected chi connectivity index (χ2v) is 8.00. The van der Waals surface area contributed by atoms with E-state index in [0.717, 1.165) is 12.8 Å². The number of alkyl halides is 3. The zero-order valence-electron chi connectivity index (χ0n) is 14.4. The third kappa shape index (κ3) is 7.05. The Morgan fingerprint density at radius 1 is 1.20 bits per heavy atom. The predicted molar refractivity (Wildman–Crippen MR) is 90.0 cm³/mol. The van der Waals surface area contributed by atoms with Crippen molar-refractivity contribution >= 4 is 15.7 Å². The summed E-state index contributed by atoms with van der Waals surface area (Å²) in [6.07, 6.45) is -2.64. The van der Waals surface area contributed by atoms with E-state index < -0.39 is 21.9 Å². The first-order valence-electron chi connectivity index (χ1n) is 8.26. The van der Waals surface area contributed by atoms with Gasteiger partial charge in [-0.1, -0.05) is 38.8 Å². The normalized spacial score (nSPS) is 12.4. The molecule has 0 aliphatic rings. The quantitative estimate of drug-likeness (QED) is 0.668. The molecule has 0 spiro atoms. The zero-order valence-corrected chi connectivity index (χ0v) is 15.2. The molecule has 0 aliphatic heterocycles. The number of aryl methyl sites for hydroxylation is 1. The van der Waals surface area contributed by atoms with E-state index in [9.17, 15) is 26.4 Å². The molecule has 4 nitrogen and oxygen atoms in total. The molecule has 0 radical (unpaired) electrons. The van der Waals surface area contributed by atoms with Crippen LogP contribution in [0.25, 0.3) is 0 Å². The summed E-state index contributed by atoms with van der Waals surface area (Å²) in [7, 11) is -3.39. The van der Waals surface area contributed by atoms with E-state index in [0.29, 0.717) is 12.0 Å². The number of rotatable bonds is 9. The van der Waals surface area contributed by atoms with Gasteiger partial charge in [-0.25, -0.2) is 8.42 Å². The molecule has 8 heteroatoms. The molecule has 1 aromatic rings. The maximum Gasteiger partial charge on any atom is 0.471 e. The fourth-order valence-electron chi connectivity index (χ4n) is 2.42. The highest BCUT2D eigenvalue weighted by Crippen LogP contribution is 2.20. The predicted octanol–water partition coefficient (Wildman–Crippen LogP) is 3.51. The van der Waals surface area contributed by atoms with Crippen LogP contribution in [-0.2, 0) is 21.1 Å². The molecular weight excluding hydrogens is 355 g/mol. The van der Waals surface area contributed by atoms with Gasteiger partial charge in [0.15, 0.2) is 9.84 Å². The molecule has 142 valence electrons. The second-order valence-electron chi connectivity index (χ2n) is 5.97. The fourth-order valence-corrected chi connectivity index (χ4v) is 4.32. The van der Waals surface area contributed by atoms with Crippen molar-refractivity contribution in [3.8, 4) is 0 Å². The first kappa shape index (κ1) is 21.5. The van der Waals surface area contributed by atoms with Crippen LogP contribution < -0.4 is 5.32 Å². The summed E-state index contributed by atoms with van der Waals surface area (Å²) in [5.74, 6) is -1.77. The summed E-state index contributed by atoms with van der Waals surface area (Å²) in [6.45, 7) is 3.79. The van der Waals surface area contributed by atoms with Gasteiger partial charge in [-0.05, 0) is 36.5 Å². The molecule has 0 unspecified atom stereocenters. The van der Waals surface area contributed by atoms with E-state index in [1.165, 1.54) is 6.07 Å². The van der Waals surface area contributed by atoms with Crippen LogP contribution in [0.5, 0.6) is 0 Å². The number of carbonyl (C=O) groups excluding carboxylic acids is 1. The van der Waals surface area contributed by atoms with Gasteiger partial charge in [-0.3, -0.25) is 4.79 Å². The number of carbonyl (C=O) groups is 1. The third-order valence-corrected chi connectivity index (χ3v) is 5.94. The van der Waals surface area contributed by atoms with Crippen LogP contribution in [0.3, 0.4) is 0 Å². The SMILES string of the molecule is CCC(CC)CS(=O)(=O)c1cccc(CCCNC(=O)C(F)(F)F)c1. The standard InChI is InChI=1S/C17H24F3NO3S/c1-3-13(4-2)12-25(23,24)15-9-5-7-14(11-15)8-6-10-21-16(22)17(18,19)20/h5,7,9,11,13H,3-4,6,8,10,12H2,1-2H3,(H,21,22). The van der Waals surface area contributed by atoms with Gasteiger partial charge in [0.1, 0.15) is 0 Å². The van der Waals surface area contributed by atoms with Crippen LogP contribution >= 0.6 is 0 Å². The molecular formula is C17H24F3NO3S. The Hall–Kier alpha value is -1.57. The Balaban J connectivity index is 2.65. The van der Waals surface area contributed by atoms with E-state index in [4.69, 9.17) is 0 Å². The Kier molecular flexibility index (Phi) is 7.92. The number of nitrogens with one attached hydrogen (secondary N) is 1. The summed E-state index contributed by atoms with van der Waals surface area (Å²) in [5.41, 5.74) is 0.715. The highest BCUT2D eigenvalue weighted by atomic mass is 32.2. The minimum Gasteiger partial charge on any atom is -0.348 e. The van der Waals surface area contributed by atoms with E-state index in [1.54, 1.807) is 23.5 Å². The molecule has 1 amide bonds. The monoisotopic (exact) mass is 379 g/mol. The van der Waals surface area contributed by atoms with Crippen LogP contribution in [-0.4, -0.2) is 32.8 Å². The Morgan fingerprint density at radius 3 is 2.40 bits per heavy atom. The lowest BCUT2D eigenvalue weighted by Crippen LogP contribution is -2.37. The van der Waals surface area contributed by atoms with Crippen LogP contribution in [0.2, 0.25) is 0 Å². The van der Waals surface area contributed by atoms with Gasteiger partial charge in [0, 0.05) is 6.54 Å². The average Bonchev–Trinajstić information content (AvgIpc) is 2.55. The number of benzene rings is 1. The lowest BCUT2D eigenvalue weighted by atomic mass is 10.1. The molecule has 1 aromatic carbocycles. The third-order valence-electron chi connectivity index (χ3n) is 4.05. The maximum atomic E-state index is 12.5. The van der Waals surface area contributed by atoms with E-state index >= 15 is 0 Å². The highest BCUT2D eigenvalue weighted by molar-refractivity contribution is 7.91. The number of sulfone groups is 1. The van der Waals surface area contributed by atoms with Crippen molar-refractivity contribution in [1.82, 2.24) is 5.32 Å². The van der Waals surface area contributed by atoms with Crippen molar-refractivity contribution in [2.45, 2.75) is 50.6 Å². The summed E-state index contributed by atoms with van der Waals surface area (Å²) < 4.78 is 61.1. The summed E-state index contributed by atoms with van der Waals surface area (Å²) in [5, 5.41) is 1.80. The smallest absolute Gasteiger partial charge is 0.348 e. The average molecular weight is 379 g/mol. The second kappa shape index (κ2) is 9.22. The molecule has 1 rings (SSSR count). The van der Waals surface area contributed by atoms with Crippen LogP contribution in [0.4, 0.5) is 13.2 Å². The zero-order chi connectivity index (χ0) is 19.1. The first-order valence-corrected chi connectivity index (χ1v) is 9.92.